The molecule has 122 valence electrons. The Balaban J connectivity index is 1.65. The normalized spacial score (nSPS) is 22.8. The topological polar surface area (TPSA) is 88.0 Å². The molecule has 6 heteroatoms. The molecule has 23 heavy (non-hydrogen) atoms. The second-order valence-electron chi connectivity index (χ2n) is 6.14. The number of nitrogens with one attached hydrogen (secondary N) is 1. The fraction of sp³-hybridized carbons (Fsp3) is 0.471. The maximum absolute atomic E-state index is 12.4. The van der Waals surface area contributed by atoms with Gasteiger partial charge in [0.2, 0.25) is 6.10 Å². The zero-order chi connectivity index (χ0) is 16.3. The lowest BCUT2D eigenvalue weighted by Gasteiger charge is -2.34. The summed E-state index contributed by atoms with van der Waals surface area (Å²) in [5.41, 5.74) is 0.459. The predicted octanol–water partition coefficient (Wildman–Crippen LogP) is 2.08. The molecule has 0 aromatic heterocycles. The van der Waals surface area contributed by atoms with E-state index in [-0.39, 0.29) is 0 Å². The molecule has 0 saturated heterocycles. The molecule has 1 heterocycles. The van der Waals surface area contributed by atoms with E-state index in [0.29, 0.717) is 25.0 Å². The van der Waals surface area contributed by atoms with Gasteiger partial charge in [0.25, 0.3) is 5.91 Å². The van der Waals surface area contributed by atoms with Crippen LogP contribution >= 0.6 is 0 Å². The molecule has 1 atom stereocenters. The van der Waals surface area contributed by atoms with Crippen molar-refractivity contribution in [3.8, 4) is 0 Å². The first-order chi connectivity index (χ1) is 11.1. The number of oxime groups is 1. The monoisotopic (exact) mass is 316 g/mol. The number of nitrogens with zero attached hydrogens (tertiary/aromatic N) is 1. The van der Waals surface area contributed by atoms with Crippen LogP contribution in [0.15, 0.2) is 35.5 Å². The molecule has 0 bridgehead atoms. The van der Waals surface area contributed by atoms with Crippen molar-refractivity contribution in [1.29, 1.82) is 0 Å². The molecule has 1 fully saturated rings. The van der Waals surface area contributed by atoms with Gasteiger partial charge in [-0.2, -0.15) is 0 Å². The quantitative estimate of drug-likeness (QED) is 0.890. The van der Waals surface area contributed by atoms with Gasteiger partial charge in [0.05, 0.1) is 5.71 Å². The highest BCUT2D eigenvalue weighted by Crippen LogP contribution is 2.29. The average molecular weight is 316 g/mol. The maximum atomic E-state index is 12.4. The van der Waals surface area contributed by atoms with Gasteiger partial charge in [0.15, 0.2) is 0 Å². The summed E-state index contributed by atoms with van der Waals surface area (Å²) >= 11 is 0. The number of hydrogen-bond donors (Lipinski definition) is 2. The lowest BCUT2D eigenvalue weighted by atomic mass is 9.81. The molecular formula is C17H20N2O4. The molecule has 1 aliphatic carbocycles. The van der Waals surface area contributed by atoms with Gasteiger partial charge in [-0.3, -0.25) is 4.79 Å². The summed E-state index contributed by atoms with van der Waals surface area (Å²) in [5, 5.41) is 16.2. The van der Waals surface area contributed by atoms with E-state index in [1.165, 1.54) is 0 Å². The van der Waals surface area contributed by atoms with Gasteiger partial charge in [0.1, 0.15) is 5.54 Å². The number of hydrogen-bond acceptors (Lipinski definition) is 4. The smallest absolute Gasteiger partial charge is 0.329 e. The average Bonchev–Trinajstić information content (AvgIpc) is 3.06. The molecular weight excluding hydrogens is 296 g/mol. The Morgan fingerprint density at radius 3 is 2.52 bits per heavy atom. The van der Waals surface area contributed by atoms with Crippen LogP contribution in [0.1, 0.15) is 44.1 Å². The van der Waals surface area contributed by atoms with Gasteiger partial charge in [-0.15, -0.1) is 0 Å². The summed E-state index contributed by atoms with van der Waals surface area (Å²) in [7, 11) is 0. The highest BCUT2D eigenvalue weighted by molar-refractivity contribution is 6.04. The maximum Gasteiger partial charge on any atom is 0.329 e. The van der Waals surface area contributed by atoms with Crippen molar-refractivity contribution in [2.45, 2.75) is 50.2 Å². The summed E-state index contributed by atoms with van der Waals surface area (Å²) in [6.07, 6.45) is 3.15. The first-order valence-corrected chi connectivity index (χ1v) is 7.94. The van der Waals surface area contributed by atoms with E-state index in [4.69, 9.17) is 4.84 Å². The third kappa shape index (κ3) is 3.21. The minimum absolute atomic E-state index is 0.353. The number of carboxylic acid groups (broad SMARTS) is 1. The molecule has 1 aliphatic heterocycles. The molecule has 1 saturated carbocycles. The molecule has 1 amide bonds. The van der Waals surface area contributed by atoms with Crippen LogP contribution in [-0.2, 0) is 14.4 Å². The minimum atomic E-state index is -1.16. The molecule has 1 aromatic carbocycles. The van der Waals surface area contributed by atoms with Crippen molar-refractivity contribution in [3.05, 3.63) is 35.9 Å². The van der Waals surface area contributed by atoms with E-state index >= 15 is 0 Å². The molecule has 1 unspecified atom stereocenters. The number of benzene rings is 1. The van der Waals surface area contributed by atoms with Crippen molar-refractivity contribution in [2.24, 2.45) is 5.16 Å². The fourth-order valence-electron chi connectivity index (χ4n) is 3.18. The van der Waals surface area contributed by atoms with Crippen molar-refractivity contribution in [3.63, 3.8) is 0 Å². The lowest BCUT2D eigenvalue weighted by Crippen LogP contribution is -2.57. The van der Waals surface area contributed by atoms with Crippen LogP contribution in [0.4, 0.5) is 0 Å². The van der Waals surface area contributed by atoms with Gasteiger partial charge in [-0.25, -0.2) is 4.79 Å². The summed E-state index contributed by atoms with van der Waals surface area (Å²) in [6, 6.07) is 9.51. The van der Waals surface area contributed by atoms with Crippen molar-refractivity contribution < 1.29 is 19.5 Å². The summed E-state index contributed by atoms with van der Waals surface area (Å²) in [5.74, 6) is -1.36. The van der Waals surface area contributed by atoms with Gasteiger partial charge < -0.3 is 15.3 Å². The Hall–Kier alpha value is -2.37. The summed E-state index contributed by atoms with van der Waals surface area (Å²) in [4.78, 5) is 29.3. The highest BCUT2D eigenvalue weighted by atomic mass is 16.6. The first-order valence-electron chi connectivity index (χ1n) is 7.94. The van der Waals surface area contributed by atoms with Crippen LogP contribution in [-0.4, -0.2) is 34.3 Å². The van der Waals surface area contributed by atoms with Crippen molar-refractivity contribution in [1.82, 2.24) is 5.32 Å². The summed E-state index contributed by atoms with van der Waals surface area (Å²) in [6.45, 7) is 0. The third-order valence-corrected chi connectivity index (χ3v) is 4.55. The van der Waals surface area contributed by atoms with Crippen LogP contribution in [0.25, 0.3) is 0 Å². The van der Waals surface area contributed by atoms with Gasteiger partial charge >= 0.3 is 5.97 Å². The van der Waals surface area contributed by atoms with Crippen molar-refractivity contribution >= 4 is 17.6 Å². The van der Waals surface area contributed by atoms with Crippen LogP contribution in [0.5, 0.6) is 0 Å². The molecule has 6 nitrogen and oxygen atoms in total. The molecule has 1 aromatic rings. The highest BCUT2D eigenvalue weighted by Gasteiger charge is 2.43. The van der Waals surface area contributed by atoms with Crippen LogP contribution in [0.2, 0.25) is 0 Å². The zero-order valence-corrected chi connectivity index (χ0v) is 12.8. The molecule has 0 spiro atoms. The second kappa shape index (κ2) is 6.40. The molecule has 3 rings (SSSR count). The summed E-state index contributed by atoms with van der Waals surface area (Å²) < 4.78 is 0. The fourth-order valence-corrected chi connectivity index (χ4v) is 3.18. The number of rotatable bonds is 4. The van der Waals surface area contributed by atoms with Gasteiger partial charge in [-0.05, 0) is 18.4 Å². The van der Waals surface area contributed by atoms with E-state index in [1.807, 2.05) is 30.3 Å². The van der Waals surface area contributed by atoms with Crippen LogP contribution < -0.4 is 5.32 Å². The van der Waals surface area contributed by atoms with E-state index in [1.54, 1.807) is 0 Å². The second-order valence-corrected chi connectivity index (χ2v) is 6.14. The Labute approximate surface area is 134 Å². The number of aliphatic carboxylic acids is 1. The van der Waals surface area contributed by atoms with Gasteiger partial charge in [0, 0.05) is 6.42 Å². The third-order valence-electron chi connectivity index (χ3n) is 4.55. The van der Waals surface area contributed by atoms with E-state index in [2.05, 4.69) is 10.5 Å². The van der Waals surface area contributed by atoms with Crippen LogP contribution in [0, 0.1) is 0 Å². The first kappa shape index (κ1) is 15.5. The Morgan fingerprint density at radius 2 is 1.87 bits per heavy atom. The largest absolute Gasteiger partial charge is 0.480 e. The number of carbonyl (C=O) groups is 2. The number of carbonyl (C=O) groups excluding carboxylic acids is 1. The minimum Gasteiger partial charge on any atom is -0.480 e. The van der Waals surface area contributed by atoms with Crippen LogP contribution in [0.3, 0.4) is 0 Å². The Morgan fingerprint density at radius 1 is 1.17 bits per heavy atom. The Kier molecular flexibility index (Phi) is 4.32. The molecule has 0 radical (unpaired) electrons. The molecule has 2 aliphatic rings. The van der Waals surface area contributed by atoms with E-state index < -0.39 is 23.5 Å². The zero-order valence-electron chi connectivity index (χ0n) is 12.8. The predicted molar refractivity (Wildman–Crippen MR) is 84.1 cm³/mol. The molecule has 2 N–H and O–H groups in total. The van der Waals surface area contributed by atoms with Crippen molar-refractivity contribution in [2.75, 3.05) is 0 Å². The Bertz CT molecular complexity index is 621. The lowest BCUT2D eigenvalue weighted by molar-refractivity contribution is -0.151. The number of carboxylic acids is 1. The van der Waals surface area contributed by atoms with Gasteiger partial charge in [-0.1, -0.05) is 54.8 Å². The van der Waals surface area contributed by atoms with E-state index in [9.17, 15) is 14.7 Å². The number of amides is 1. The SMILES string of the molecule is O=C(NC1(C(=O)O)CCCCC1)C1CC(c2ccccc2)=NO1. The van der Waals surface area contributed by atoms with E-state index in [0.717, 1.165) is 24.8 Å². The standard InChI is InChI=1S/C17H20N2O4/c20-15(18-17(16(21)22)9-5-2-6-10-17)14-11-13(19-23-14)12-7-3-1-4-8-12/h1,3-4,7-8,14H,2,5-6,9-11H2,(H,18,20)(H,21,22).